The zero-order chi connectivity index (χ0) is 47.5. The summed E-state index contributed by atoms with van der Waals surface area (Å²) in [6.45, 7) is 13.6. The first-order valence-corrected chi connectivity index (χ1v) is 25.4. The van der Waals surface area contributed by atoms with Gasteiger partial charge in [0.05, 0.1) is 22.7 Å². The van der Waals surface area contributed by atoms with E-state index in [1.54, 1.807) is 0 Å². The van der Waals surface area contributed by atoms with Crippen LogP contribution in [0.5, 0.6) is 0 Å². The Morgan fingerprint density at radius 1 is 0.371 bits per heavy atom. The molecule has 12 aromatic rings. The van der Waals surface area contributed by atoms with E-state index in [1.807, 2.05) is 0 Å². The van der Waals surface area contributed by atoms with E-state index in [2.05, 4.69) is 227 Å². The molecule has 0 spiro atoms. The number of anilines is 6. The summed E-state index contributed by atoms with van der Waals surface area (Å²) in [7, 11) is 0. The summed E-state index contributed by atoms with van der Waals surface area (Å²) >= 11 is 0. The number of furan rings is 2. The largest absolute Gasteiger partial charge is 0.454 e. The van der Waals surface area contributed by atoms with Crippen LogP contribution in [0.2, 0.25) is 0 Å². The zero-order valence-electron chi connectivity index (χ0n) is 41.1. The molecule has 2 aromatic heterocycles. The van der Waals surface area contributed by atoms with Gasteiger partial charge in [-0.1, -0.05) is 194 Å². The number of para-hydroxylation sites is 6. The summed E-state index contributed by atoms with van der Waals surface area (Å²) < 4.78 is 14.4. The predicted molar refractivity (Wildman–Crippen MR) is 297 cm³/mol. The second kappa shape index (κ2) is 16.0. The van der Waals surface area contributed by atoms with Gasteiger partial charge in [0.1, 0.15) is 11.2 Å². The number of rotatable bonds is 7. The topological polar surface area (TPSA) is 32.8 Å². The third-order valence-electron chi connectivity index (χ3n) is 15.4. The Morgan fingerprint density at radius 3 is 1.24 bits per heavy atom. The standard InChI is InChI=1S/C66H58N2O2/c1-65(2,3)53-30-16-26-47-49-28-18-32-55(63(49)69-61(47)53)67(45-22-12-8-13-23-45)57-40-58(52-37-35-43-39-44(41-20-10-7-11-21-41)38-42-34-36-51(57)60(52)59(42)43)68(46-24-14-9-15-25-46)56-33-19-29-50-48-27-17-31-54(66(4,5)6)62(48)70-64(50)56/h8-9,12-19,22-41H,7,10-11,20-21H2,1-6H3. The molecule has 1 aliphatic carbocycles. The highest BCUT2D eigenvalue weighted by molar-refractivity contribution is 6.29. The van der Waals surface area contributed by atoms with E-state index in [4.69, 9.17) is 8.83 Å². The molecule has 10 aromatic carbocycles. The van der Waals surface area contributed by atoms with Crippen LogP contribution in [-0.2, 0) is 10.8 Å². The molecule has 13 rings (SSSR count). The lowest BCUT2D eigenvalue weighted by Crippen LogP contribution is -2.15. The van der Waals surface area contributed by atoms with Crippen molar-refractivity contribution < 1.29 is 8.83 Å². The third-order valence-corrected chi connectivity index (χ3v) is 15.4. The Bertz CT molecular complexity index is 3710. The summed E-state index contributed by atoms with van der Waals surface area (Å²) in [6, 6.07) is 65.2. The molecule has 2 heterocycles. The van der Waals surface area contributed by atoms with Crippen molar-refractivity contribution in [3.63, 3.8) is 0 Å². The molecule has 4 heteroatoms. The maximum atomic E-state index is 7.22. The maximum Gasteiger partial charge on any atom is 0.159 e. The van der Waals surface area contributed by atoms with Crippen molar-refractivity contribution in [3.8, 4) is 0 Å². The van der Waals surface area contributed by atoms with Gasteiger partial charge in [-0.25, -0.2) is 0 Å². The van der Waals surface area contributed by atoms with Crippen LogP contribution in [0, 0.1) is 0 Å². The average molecular weight is 911 g/mol. The highest BCUT2D eigenvalue weighted by Gasteiger charge is 2.30. The van der Waals surface area contributed by atoms with Gasteiger partial charge in [-0.15, -0.1) is 0 Å². The van der Waals surface area contributed by atoms with Crippen LogP contribution in [0.1, 0.15) is 96.3 Å². The smallest absolute Gasteiger partial charge is 0.159 e. The Hall–Kier alpha value is -7.56. The van der Waals surface area contributed by atoms with Crippen molar-refractivity contribution >= 4 is 110 Å². The summed E-state index contributed by atoms with van der Waals surface area (Å²) in [6.07, 6.45) is 6.46. The number of fused-ring (bicyclic) bond motifs is 6. The lowest BCUT2D eigenvalue weighted by atomic mass is 9.82. The van der Waals surface area contributed by atoms with Gasteiger partial charge in [0.2, 0.25) is 0 Å². The molecule has 0 aliphatic heterocycles. The molecule has 0 radical (unpaired) electrons. The normalized spacial score (nSPS) is 14.1. The first-order valence-electron chi connectivity index (χ1n) is 25.4. The fraction of sp³-hybridized carbons (Fsp3) is 0.212. The van der Waals surface area contributed by atoms with E-state index in [-0.39, 0.29) is 10.8 Å². The minimum Gasteiger partial charge on any atom is -0.454 e. The van der Waals surface area contributed by atoms with Gasteiger partial charge < -0.3 is 18.6 Å². The number of hydrogen-bond donors (Lipinski definition) is 0. The summed E-state index contributed by atoms with van der Waals surface area (Å²) in [4.78, 5) is 4.90. The summed E-state index contributed by atoms with van der Waals surface area (Å²) in [5, 5.41) is 12.0. The molecular weight excluding hydrogens is 853 g/mol. The number of benzene rings is 10. The molecule has 0 atom stereocenters. The van der Waals surface area contributed by atoms with Gasteiger partial charge >= 0.3 is 0 Å². The second-order valence-corrected chi connectivity index (χ2v) is 21.9. The van der Waals surface area contributed by atoms with Gasteiger partial charge in [-0.05, 0) is 93.8 Å². The van der Waals surface area contributed by atoms with E-state index >= 15 is 0 Å². The second-order valence-electron chi connectivity index (χ2n) is 21.9. The van der Waals surface area contributed by atoms with Gasteiger partial charge in [0.15, 0.2) is 11.2 Å². The van der Waals surface area contributed by atoms with E-state index in [0.717, 1.165) is 78.0 Å². The highest BCUT2D eigenvalue weighted by atomic mass is 16.3. The highest BCUT2D eigenvalue weighted by Crippen LogP contribution is 2.54. The van der Waals surface area contributed by atoms with Crippen LogP contribution < -0.4 is 9.80 Å². The van der Waals surface area contributed by atoms with Crippen LogP contribution in [0.15, 0.2) is 185 Å². The maximum absolute atomic E-state index is 7.22. The van der Waals surface area contributed by atoms with Crippen molar-refractivity contribution in [1.82, 2.24) is 0 Å². The monoisotopic (exact) mass is 910 g/mol. The van der Waals surface area contributed by atoms with Crippen LogP contribution in [0.25, 0.3) is 76.2 Å². The van der Waals surface area contributed by atoms with Gasteiger partial charge in [-0.3, -0.25) is 0 Å². The quantitative estimate of drug-likeness (QED) is 0.149. The zero-order valence-corrected chi connectivity index (χ0v) is 41.1. The lowest BCUT2D eigenvalue weighted by molar-refractivity contribution is 0.444. The molecule has 1 saturated carbocycles. The van der Waals surface area contributed by atoms with Crippen molar-refractivity contribution in [3.05, 3.63) is 193 Å². The Labute approximate surface area is 410 Å². The van der Waals surface area contributed by atoms with Crippen LogP contribution in [0.3, 0.4) is 0 Å². The molecule has 0 bridgehead atoms. The summed E-state index contributed by atoms with van der Waals surface area (Å²) in [5.74, 6) is 0.593. The SMILES string of the molecule is CC(C)(C)c1cccc2c1oc1c(N(c3ccccc3)c3cc(N(c4ccccc4)c4cccc5c4oc4c(C(C)(C)C)cccc45)c4ccc5cc(C6CCCCC6)cc6ccc3c4c65)cccc12. The minimum atomic E-state index is -0.109. The Kier molecular flexibility index (Phi) is 9.72. The molecular formula is C66H58N2O2. The van der Waals surface area contributed by atoms with Gasteiger partial charge in [0, 0.05) is 60.2 Å². The summed E-state index contributed by atoms with van der Waals surface area (Å²) in [5.41, 5.74) is 13.5. The molecule has 70 heavy (non-hydrogen) atoms. The molecule has 0 N–H and O–H groups in total. The first-order chi connectivity index (χ1) is 34.0. The molecule has 0 saturated heterocycles. The predicted octanol–water partition coefficient (Wildman–Crippen LogP) is 20.0. The molecule has 1 fully saturated rings. The van der Waals surface area contributed by atoms with Crippen molar-refractivity contribution in [2.45, 2.75) is 90.4 Å². The van der Waals surface area contributed by atoms with E-state index in [1.165, 1.54) is 81.1 Å². The molecule has 0 unspecified atom stereocenters. The first kappa shape index (κ1) is 42.5. The fourth-order valence-corrected chi connectivity index (χ4v) is 12.1. The minimum absolute atomic E-state index is 0.109. The molecule has 344 valence electrons. The Balaban J connectivity index is 1.16. The van der Waals surface area contributed by atoms with E-state index in [9.17, 15) is 0 Å². The van der Waals surface area contributed by atoms with Crippen molar-refractivity contribution in [2.24, 2.45) is 0 Å². The van der Waals surface area contributed by atoms with E-state index < -0.39 is 0 Å². The van der Waals surface area contributed by atoms with Crippen molar-refractivity contribution in [1.29, 1.82) is 0 Å². The van der Waals surface area contributed by atoms with Crippen LogP contribution in [-0.4, -0.2) is 0 Å². The van der Waals surface area contributed by atoms with Crippen LogP contribution >= 0.6 is 0 Å². The lowest BCUT2D eigenvalue weighted by Gasteiger charge is -2.32. The number of nitrogens with zero attached hydrogens (tertiary/aromatic N) is 2. The number of hydrogen-bond acceptors (Lipinski definition) is 4. The molecule has 1 aliphatic rings. The molecule has 4 nitrogen and oxygen atoms in total. The fourth-order valence-electron chi connectivity index (χ4n) is 12.1. The van der Waals surface area contributed by atoms with Crippen molar-refractivity contribution in [2.75, 3.05) is 9.80 Å². The van der Waals surface area contributed by atoms with Gasteiger partial charge in [0.25, 0.3) is 0 Å². The van der Waals surface area contributed by atoms with Crippen LogP contribution in [0.4, 0.5) is 34.1 Å². The third kappa shape index (κ3) is 6.71. The van der Waals surface area contributed by atoms with Gasteiger partial charge in [-0.2, -0.15) is 0 Å². The Morgan fingerprint density at radius 2 is 0.800 bits per heavy atom. The average Bonchev–Trinajstić information content (AvgIpc) is 3.96. The van der Waals surface area contributed by atoms with E-state index in [0.29, 0.717) is 5.92 Å². The molecule has 0 amide bonds.